The molecule has 1 N–H and O–H groups in total. The van der Waals surface area contributed by atoms with E-state index in [1.807, 2.05) is 39.0 Å². The van der Waals surface area contributed by atoms with Crippen molar-refractivity contribution in [2.75, 3.05) is 6.61 Å². The Bertz CT molecular complexity index is 658. The van der Waals surface area contributed by atoms with Gasteiger partial charge >= 0.3 is 6.09 Å². The molecule has 1 aromatic rings. The van der Waals surface area contributed by atoms with Crippen molar-refractivity contribution in [2.24, 2.45) is 5.92 Å². The van der Waals surface area contributed by atoms with Crippen LogP contribution >= 0.6 is 28.1 Å². The summed E-state index contributed by atoms with van der Waals surface area (Å²) in [6.45, 7) is 11.1. The number of alkyl carbamates (subject to hydrolysis) is 1. The topological polar surface area (TPSA) is 47.6 Å². The summed E-state index contributed by atoms with van der Waals surface area (Å²) in [6.07, 6.45) is 5.79. The third-order valence-corrected chi connectivity index (χ3v) is 5.71. The Morgan fingerprint density at radius 2 is 2.00 bits per heavy atom. The largest absolute Gasteiger partial charge is 0.487 e. The maximum atomic E-state index is 12.0. The van der Waals surface area contributed by atoms with Gasteiger partial charge in [-0.25, -0.2) is 4.79 Å². The Balaban J connectivity index is 2.58. The number of carbonyl (C=O) groups excluding carboxylic acids is 1. The summed E-state index contributed by atoms with van der Waals surface area (Å²) < 4.78 is 12.2. The number of halogens is 1. The second kappa shape index (κ2) is 13.2. The molecular weight excluding hydrogens is 450 g/mol. The number of unbranched alkanes of at least 4 members (excludes halogenated alkanes) is 1. The fraction of sp³-hybridized carbons (Fsp3) is 0.652. The number of thiocarbonyl (C=S) groups is 1. The summed E-state index contributed by atoms with van der Waals surface area (Å²) in [4.78, 5) is 12.0. The molecule has 1 atom stereocenters. The lowest BCUT2D eigenvalue weighted by Crippen LogP contribution is -2.32. The lowest BCUT2D eigenvalue weighted by molar-refractivity contribution is 0.0523. The number of benzene rings is 1. The molecule has 0 aliphatic heterocycles. The molecule has 0 saturated carbocycles. The number of ether oxygens (including phenoxy) is 2. The van der Waals surface area contributed by atoms with Crippen molar-refractivity contribution < 1.29 is 14.3 Å². The SMILES string of the molecule is CCCCC(CC)COC(=S)CCc1c(Br)cccc1CNC(=O)OC(C)(C)C. The maximum Gasteiger partial charge on any atom is 0.407 e. The molecule has 4 nitrogen and oxygen atoms in total. The minimum absolute atomic E-state index is 0.409. The van der Waals surface area contributed by atoms with Crippen molar-refractivity contribution in [1.82, 2.24) is 5.32 Å². The highest BCUT2D eigenvalue weighted by Gasteiger charge is 2.17. The van der Waals surface area contributed by atoms with E-state index in [9.17, 15) is 4.79 Å². The minimum Gasteiger partial charge on any atom is -0.487 e. The van der Waals surface area contributed by atoms with E-state index in [-0.39, 0.29) is 0 Å². The summed E-state index contributed by atoms with van der Waals surface area (Å²) in [7, 11) is 0. The van der Waals surface area contributed by atoms with Gasteiger partial charge in [-0.1, -0.05) is 61.2 Å². The highest BCUT2D eigenvalue weighted by Crippen LogP contribution is 2.23. The highest BCUT2D eigenvalue weighted by molar-refractivity contribution is 9.10. The van der Waals surface area contributed by atoms with Crippen LogP contribution < -0.4 is 5.32 Å². The second-order valence-electron chi connectivity index (χ2n) is 8.33. The molecule has 1 unspecified atom stereocenters. The van der Waals surface area contributed by atoms with Crippen LogP contribution in [0.3, 0.4) is 0 Å². The van der Waals surface area contributed by atoms with Crippen LogP contribution in [0.2, 0.25) is 0 Å². The zero-order valence-corrected chi connectivity index (χ0v) is 20.9. The Morgan fingerprint density at radius 1 is 1.28 bits per heavy atom. The van der Waals surface area contributed by atoms with Gasteiger partial charge in [0.05, 0.1) is 6.61 Å². The molecule has 1 rings (SSSR count). The molecule has 1 aromatic carbocycles. The molecule has 6 heteroatoms. The number of amides is 1. The average Bonchev–Trinajstić information content (AvgIpc) is 2.64. The zero-order chi connectivity index (χ0) is 21.9. The highest BCUT2D eigenvalue weighted by atomic mass is 79.9. The Labute approximate surface area is 190 Å². The zero-order valence-electron chi connectivity index (χ0n) is 18.5. The fourth-order valence-electron chi connectivity index (χ4n) is 2.94. The van der Waals surface area contributed by atoms with Crippen molar-refractivity contribution in [3.63, 3.8) is 0 Å². The molecule has 29 heavy (non-hydrogen) atoms. The van der Waals surface area contributed by atoms with Gasteiger partial charge in [-0.2, -0.15) is 0 Å². The van der Waals surface area contributed by atoms with E-state index in [4.69, 9.17) is 21.7 Å². The monoisotopic (exact) mass is 485 g/mol. The normalized spacial score (nSPS) is 12.3. The van der Waals surface area contributed by atoms with Gasteiger partial charge in [0.25, 0.3) is 0 Å². The van der Waals surface area contributed by atoms with E-state index in [2.05, 4.69) is 35.1 Å². The van der Waals surface area contributed by atoms with Crippen LogP contribution in [0.15, 0.2) is 22.7 Å². The molecule has 0 radical (unpaired) electrons. The van der Waals surface area contributed by atoms with Gasteiger partial charge < -0.3 is 14.8 Å². The summed E-state index contributed by atoms with van der Waals surface area (Å²) in [5.41, 5.74) is 1.66. The Kier molecular flexibility index (Phi) is 11.8. The van der Waals surface area contributed by atoms with Crippen LogP contribution in [0.1, 0.15) is 77.8 Å². The van der Waals surface area contributed by atoms with Gasteiger partial charge in [0.2, 0.25) is 0 Å². The molecule has 0 spiro atoms. The van der Waals surface area contributed by atoms with Crippen molar-refractivity contribution in [3.8, 4) is 0 Å². The minimum atomic E-state index is -0.513. The predicted molar refractivity (Wildman–Crippen MR) is 127 cm³/mol. The van der Waals surface area contributed by atoms with Crippen LogP contribution in [0.4, 0.5) is 4.79 Å². The third kappa shape index (κ3) is 11.0. The van der Waals surface area contributed by atoms with Crippen molar-refractivity contribution in [2.45, 2.75) is 85.3 Å². The van der Waals surface area contributed by atoms with Gasteiger partial charge in [0.1, 0.15) is 5.60 Å². The van der Waals surface area contributed by atoms with E-state index in [1.165, 1.54) is 19.3 Å². The molecule has 0 saturated heterocycles. The summed E-state index contributed by atoms with van der Waals surface area (Å²) >= 11 is 9.08. The van der Waals surface area contributed by atoms with Gasteiger partial charge in [0, 0.05) is 17.4 Å². The first-order valence-corrected chi connectivity index (χ1v) is 11.7. The van der Waals surface area contributed by atoms with Crippen molar-refractivity contribution >= 4 is 39.3 Å². The van der Waals surface area contributed by atoms with E-state index >= 15 is 0 Å². The van der Waals surface area contributed by atoms with E-state index < -0.39 is 11.7 Å². The van der Waals surface area contributed by atoms with Gasteiger partial charge in [-0.15, -0.1) is 0 Å². The smallest absolute Gasteiger partial charge is 0.407 e. The number of carbonyl (C=O) groups is 1. The Hall–Kier alpha value is -1.14. The van der Waals surface area contributed by atoms with E-state index in [1.54, 1.807) is 0 Å². The number of rotatable bonds is 11. The lowest BCUT2D eigenvalue weighted by atomic mass is 10.0. The quantitative estimate of drug-likeness (QED) is 0.343. The van der Waals surface area contributed by atoms with Gasteiger partial charge in [0.15, 0.2) is 5.05 Å². The van der Waals surface area contributed by atoms with Crippen LogP contribution in [0.25, 0.3) is 0 Å². The van der Waals surface area contributed by atoms with Crippen LogP contribution in [0, 0.1) is 5.92 Å². The number of nitrogens with one attached hydrogen (secondary N) is 1. The number of hydrogen-bond donors (Lipinski definition) is 1. The molecule has 0 heterocycles. The summed E-state index contributed by atoms with van der Waals surface area (Å²) in [5, 5.41) is 3.49. The van der Waals surface area contributed by atoms with Crippen LogP contribution in [-0.4, -0.2) is 23.4 Å². The van der Waals surface area contributed by atoms with Gasteiger partial charge in [-0.3, -0.25) is 0 Å². The molecule has 0 fully saturated rings. The molecule has 0 aliphatic carbocycles. The third-order valence-electron chi connectivity index (χ3n) is 4.64. The lowest BCUT2D eigenvalue weighted by Gasteiger charge is -2.20. The first kappa shape index (κ1) is 25.9. The molecule has 0 aromatic heterocycles. The first-order chi connectivity index (χ1) is 13.7. The van der Waals surface area contributed by atoms with E-state index in [0.29, 0.717) is 30.5 Å². The van der Waals surface area contributed by atoms with Crippen molar-refractivity contribution in [3.05, 3.63) is 33.8 Å². The van der Waals surface area contributed by atoms with Crippen molar-refractivity contribution in [1.29, 1.82) is 0 Å². The van der Waals surface area contributed by atoms with Gasteiger partial charge in [-0.05, 0) is 68.9 Å². The number of hydrogen-bond acceptors (Lipinski definition) is 4. The predicted octanol–water partition coefficient (Wildman–Crippen LogP) is 6.97. The van der Waals surface area contributed by atoms with Crippen LogP contribution in [0.5, 0.6) is 0 Å². The molecule has 0 bridgehead atoms. The molecule has 0 aliphatic rings. The second-order valence-corrected chi connectivity index (χ2v) is 9.64. The molecular formula is C23H36BrNO3S. The molecule has 164 valence electrons. The fourth-order valence-corrected chi connectivity index (χ4v) is 3.71. The average molecular weight is 487 g/mol. The standard InChI is InChI=1S/C23H36BrNO3S/c1-6-8-10-17(7-2)16-27-21(29)14-13-19-18(11-9-12-20(19)24)15-25-22(26)28-23(3,4)5/h9,11-12,17H,6-8,10,13-16H2,1-5H3,(H,25,26). The Morgan fingerprint density at radius 3 is 2.62 bits per heavy atom. The summed E-state index contributed by atoms with van der Waals surface area (Å²) in [6, 6.07) is 5.99. The molecule has 1 amide bonds. The first-order valence-electron chi connectivity index (χ1n) is 10.5. The van der Waals surface area contributed by atoms with E-state index in [0.717, 1.165) is 28.4 Å². The maximum absolute atomic E-state index is 12.0. The van der Waals surface area contributed by atoms with Crippen LogP contribution in [-0.2, 0) is 22.4 Å². The summed E-state index contributed by atoms with van der Waals surface area (Å²) in [5.74, 6) is 0.574.